The highest BCUT2D eigenvalue weighted by Crippen LogP contribution is 2.14. The second kappa shape index (κ2) is 7.17. The predicted octanol–water partition coefficient (Wildman–Crippen LogP) is 2.08. The van der Waals surface area contributed by atoms with Gasteiger partial charge in [-0.3, -0.25) is 9.59 Å². The van der Waals surface area contributed by atoms with Crippen molar-refractivity contribution in [1.82, 2.24) is 14.7 Å². The number of nitrogens with zero attached hydrogens (tertiary/aromatic N) is 3. The third-order valence-electron chi connectivity index (χ3n) is 3.94. The molecule has 0 bridgehead atoms. The summed E-state index contributed by atoms with van der Waals surface area (Å²) in [7, 11) is 3.24. The monoisotopic (exact) mass is 337 g/mol. The van der Waals surface area contributed by atoms with Crippen LogP contribution in [0.4, 0.5) is 0 Å². The molecule has 1 heterocycles. The van der Waals surface area contributed by atoms with Gasteiger partial charge in [-0.15, -0.1) is 0 Å². The molecule has 0 saturated heterocycles. The normalized spacial score (nSPS) is 10.6. The molecule has 0 radical (unpaired) electrons. The largest absolute Gasteiger partial charge is 0.492 e. The molecule has 1 amide bonds. The molecule has 0 aliphatic heterocycles. The Morgan fingerprint density at radius 3 is 2.44 bits per heavy atom. The van der Waals surface area contributed by atoms with Crippen molar-refractivity contribution in [3.8, 4) is 5.75 Å². The van der Waals surface area contributed by atoms with Crippen molar-refractivity contribution < 1.29 is 9.53 Å². The van der Waals surface area contributed by atoms with Crippen molar-refractivity contribution in [1.29, 1.82) is 0 Å². The second-order valence-electron chi connectivity index (χ2n) is 5.71. The number of hydrogen-bond acceptors (Lipinski definition) is 4. The van der Waals surface area contributed by atoms with Gasteiger partial charge in [0.2, 0.25) is 0 Å². The highest BCUT2D eigenvalue weighted by molar-refractivity contribution is 6.04. The minimum absolute atomic E-state index is 0.220. The van der Waals surface area contributed by atoms with Crippen molar-refractivity contribution in [3.05, 3.63) is 70.6 Å². The summed E-state index contributed by atoms with van der Waals surface area (Å²) in [6, 6.07) is 16.4. The maximum Gasteiger partial charge on any atom is 0.274 e. The van der Waals surface area contributed by atoms with Crippen molar-refractivity contribution >= 4 is 16.7 Å². The summed E-state index contributed by atoms with van der Waals surface area (Å²) in [4.78, 5) is 26.5. The molecule has 6 heteroatoms. The van der Waals surface area contributed by atoms with E-state index in [9.17, 15) is 9.59 Å². The number of likely N-dealkylation sites (N-methyl/N-ethyl adjacent to an activating group) is 1. The lowest BCUT2D eigenvalue weighted by atomic mass is 10.1. The number of rotatable bonds is 5. The van der Waals surface area contributed by atoms with Gasteiger partial charge in [-0.25, -0.2) is 4.68 Å². The van der Waals surface area contributed by atoms with E-state index in [1.54, 1.807) is 43.3 Å². The second-order valence-corrected chi connectivity index (χ2v) is 5.71. The van der Waals surface area contributed by atoms with Gasteiger partial charge >= 0.3 is 0 Å². The maximum atomic E-state index is 12.8. The number of aryl methyl sites for hydroxylation is 1. The van der Waals surface area contributed by atoms with E-state index >= 15 is 0 Å². The fourth-order valence-corrected chi connectivity index (χ4v) is 2.56. The molecule has 0 aliphatic carbocycles. The molecule has 2 aromatic carbocycles. The van der Waals surface area contributed by atoms with Crippen LogP contribution in [-0.4, -0.2) is 40.8 Å². The molecule has 0 aliphatic rings. The lowest BCUT2D eigenvalue weighted by molar-refractivity contribution is 0.0768. The van der Waals surface area contributed by atoms with E-state index < -0.39 is 0 Å². The number of hydrogen-bond donors (Lipinski definition) is 0. The first-order chi connectivity index (χ1) is 12.1. The lowest BCUT2D eigenvalue weighted by Crippen LogP contribution is -2.33. The Morgan fingerprint density at radius 2 is 1.72 bits per heavy atom. The Kier molecular flexibility index (Phi) is 4.79. The molecule has 3 rings (SSSR count). The van der Waals surface area contributed by atoms with Crippen LogP contribution in [0.25, 0.3) is 10.8 Å². The number of aromatic nitrogens is 2. The third kappa shape index (κ3) is 3.52. The number of carbonyl (C=O) groups is 1. The number of ether oxygens (including phenoxy) is 1. The van der Waals surface area contributed by atoms with Gasteiger partial charge in [0, 0.05) is 19.5 Å². The fraction of sp³-hybridized carbons (Fsp3) is 0.211. The van der Waals surface area contributed by atoms with Crippen LogP contribution >= 0.6 is 0 Å². The zero-order valence-corrected chi connectivity index (χ0v) is 14.2. The van der Waals surface area contributed by atoms with Crippen LogP contribution in [0.3, 0.4) is 0 Å². The van der Waals surface area contributed by atoms with E-state index in [4.69, 9.17) is 4.74 Å². The van der Waals surface area contributed by atoms with E-state index in [1.165, 1.54) is 4.68 Å². The summed E-state index contributed by atoms with van der Waals surface area (Å²) >= 11 is 0. The molecule has 0 fully saturated rings. The number of para-hydroxylation sites is 1. The van der Waals surface area contributed by atoms with Gasteiger partial charge in [-0.05, 0) is 18.2 Å². The van der Waals surface area contributed by atoms with Gasteiger partial charge in [0.05, 0.1) is 11.9 Å². The first-order valence-corrected chi connectivity index (χ1v) is 7.97. The standard InChI is InChI=1S/C19H19N3O3/c1-21(12-13-25-14-8-4-3-5-9-14)19(24)17-15-10-6-7-11-16(15)18(23)22(2)20-17/h3-11H,12-13H2,1-2H3. The molecular formula is C19H19N3O3. The van der Waals surface area contributed by atoms with Crippen molar-refractivity contribution in [2.45, 2.75) is 0 Å². The van der Waals surface area contributed by atoms with Crippen LogP contribution in [0.5, 0.6) is 5.75 Å². The van der Waals surface area contributed by atoms with Crippen LogP contribution in [0.15, 0.2) is 59.4 Å². The highest BCUT2D eigenvalue weighted by atomic mass is 16.5. The Labute approximate surface area is 145 Å². The van der Waals surface area contributed by atoms with Crippen molar-refractivity contribution in [3.63, 3.8) is 0 Å². The van der Waals surface area contributed by atoms with Gasteiger partial charge in [0.15, 0.2) is 5.69 Å². The Bertz CT molecular complexity index is 951. The lowest BCUT2D eigenvalue weighted by Gasteiger charge is -2.18. The summed E-state index contributed by atoms with van der Waals surface area (Å²) in [5.74, 6) is 0.512. The van der Waals surface area contributed by atoms with Gasteiger partial charge in [0.1, 0.15) is 12.4 Å². The Morgan fingerprint density at radius 1 is 1.08 bits per heavy atom. The fourth-order valence-electron chi connectivity index (χ4n) is 2.56. The molecule has 25 heavy (non-hydrogen) atoms. The van der Waals surface area contributed by atoms with Crippen molar-refractivity contribution in [2.24, 2.45) is 7.05 Å². The minimum Gasteiger partial charge on any atom is -0.492 e. The van der Waals surface area contributed by atoms with Gasteiger partial charge in [0.25, 0.3) is 11.5 Å². The quantitative estimate of drug-likeness (QED) is 0.715. The van der Waals surface area contributed by atoms with Gasteiger partial charge < -0.3 is 9.64 Å². The zero-order chi connectivity index (χ0) is 17.8. The third-order valence-corrected chi connectivity index (χ3v) is 3.94. The molecule has 128 valence electrons. The summed E-state index contributed by atoms with van der Waals surface area (Å²) in [6.07, 6.45) is 0. The maximum absolute atomic E-state index is 12.8. The first kappa shape index (κ1) is 16.7. The van der Waals surface area contributed by atoms with E-state index in [1.807, 2.05) is 30.3 Å². The van der Waals surface area contributed by atoms with Crippen LogP contribution in [0.1, 0.15) is 10.5 Å². The summed E-state index contributed by atoms with van der Waals surface area (Å²) in [5, 5.41) is 5.21. The molecular weight excluding hydrogens is 318 g/mol. The predicted molar refractivity (Wildman–Crippen MR) is 95.9 cm³/mol. The molecule has 1 aromatic heterocycles. The molecule has 0 saturated carbocycles. The number of amides is 1. The highest BCUT2D eigenvalue weighted by Gasteiger charge is 2.19. The molecule has 0 unspecified atom stereocenters. The topological polar surface area (TPSA) is 64.4 Å². The van der Waals surface area contributed by atoms with Crippen LogP contribution in [0.2, 0.25) is 0 Å². The Hall–Kier alpha value is -3.15. The van der Waals surface area contributed by atoms with Crippen LogP contribution < -0.4 is 10.3 Å². The smallest absolute Gasteiger partial charge is 0.274 e. The van der Waals surface area contributed by atoms with E-state index in [0.29, 0.717) is 23.9 Å². The molecule has 0 spiro atoms. The van der Waals surface area contributed by atoms with E-state index in [-0.39, 0.29) is 17.2 Å². The number of benzene rings is 2. The van der Waals surface area contributed by atoms with Gasteiger partial charge in [-0.1, -0.05) is 36.4 Å². The average molecular weight is 337 g/mol. The van der Waals surface area contributed by atoms with Crippen LogP contribution in [0, 0.1) is 0 Å². The van der Waals surface area contributed by atoms with Crippen molar-refractivity contribution in [2.75, 3.05) is 20.2 Å². The summed E-state index contributed by atoms with van der Waals surface area (Å²) in [6.45, 7) is 0.780. The SMILES string of the molecule is CN(CCOc1ccccc1)C(=O)c1nn(C)c(=O)c2ccccc12. The molecule has 3 aromatic rings. The molecule has 6 nitrogen and oxygen atoms in total. The van der Waals surface area contributed by atoms with Gasteiger partial charge in [-0.2, -0.15) is 5.10 Å². The summed E-state index contributed by atoms with van der Waals surface area (Å²) < 4.78 is 6.82. The van der Waals surface area contributed by atoms with E-state index in [0.717, 1.165) is 5.75 Å². The summed E-state index contributed by atoms with van der Waals surface area (Å²) in [5.41, 5.74) is 0.0436. The molecule has 0 atom stereocenters. The minimum atomic E-state index is -0.247. The zero-order valence-electron chi connectivity index (χ0n) is 14.2. The van der Waals surface area contributed by atoms with Crippen LogP contribution in [-0.2, 0) is 7.05 Å². The number of fused-ring (bicyclic) bond motifs is 1. The van der Waals surface area contributed by atoms with E-state index in [2.05, 4.69) is 5.10 Å². The molecule has 0 N–H and O–H groups in total. The Balaban J connectivity index is 1.77. The average Bonchev–Trinajstić information content (AvgIpc) is 2.65. The number of carbonyl (C=O) groups excluding carboxylic acids is 1. The first-order valence-electron chi connectivity index (χ1n) is 7.97.